The molecule has 0 amide bonds. The molecule has 220 valence electrons. The maximum Gasteiger partial charge on any atom is 0.334 e. The third kappa shape index (κ3) is 4.75. The smallest absolute Gasteiger partial charge is 0.334 e. The number of ether oxygens (including phenoxy) is 1. The quantitative estimate of drug-likeness (QED) is 0.150. The van der Waals surface area contributed by atoms with Crippen LogP contribution in [0.25, 0.3) is 0 Å². The molecule has 2 bridgehead atoms. The molecule has 2 saturated carbocycles. The van der Waals surface area contributed by atoms with Gasteiger partial charge in [0, 0.05) is 30.4 Å². The summed E-state index contributed by atoms with van der Waals surface area (Å²) >= 11 is 0. The number of hydrogen-bond acceptors (Lipinski definition) is 4. The largest absolute Gasteiger partial charge is 0.454 e. The fraction of sp³-hybridized carbons (Fsp3) is 0.514. The van der Waals surface area contributed by atoms with Crippen molar-refractivity contribution in [2.24, 2.45) is 11.8 Å². The van der Waals surface area contributed by atoms with E-state index in [1.165, 1.54) is 15.9 Å². The molecule has 2 fully saturated rings. The molecule has 2 aromatic carbocycles. The van der Waals surface area contributed by atoms with E-state index >= 15 is 0 Å². The number of rotatable bonds is 12. The Bertz CT molecular complexity index is 1230. The van der Waals surface area contributed by atoms with Gasteiger partial charge in [0.15, 0.2) is 8.32 Å². The minimum Gasteiger partial charge on any atom is -0.454 e. The Labute approximate surface area is 249 Å². The van der Waals surface area contributed by atoms with Gasteiger partial charge in [-0.15, -0.1) is 6.58 Å². The molecule has 0 unspecified atom stereocenters. The molecular formula is C35H48O4Si2. The molecule has 3 aliphatic rings. The fourth-order valence-electron chi connectivity index (χ4n) is 8.23. The van der Waals surface area contributed by atoms with Crippen molar-refractivity contribution >= 4 is 33.0 Å². The maximum absolute atomic E-state index is 13.4. The fourth-order valence-corrected chi connectivity index (χ4v) is 15.9. The zero-order valence-corrected chi connectivity index (χ0v) is 27.9. The summed E-state index contributed by atoms with van der Waals surface area (Å²) in [5.41, 5.74) is 1.59. The highest BCUT2D eigenvalue weighted by molar-refractivity contribution is 6.99. The van der Waals surface area contributed by atoms with E-state index < -0.39 is 22.2 Å². The van der Waals surface area contributed by atoms with Gasteiger partial charge >= 0.3 is 5.97 Å². The van der Waals surface area contributed by atoms with E-state index in [1.54, 1.807) is 0 Å². The molecule has 0 spiro atoms. The van der Waals surface area contributed by atoms with Crippen LogP contribution in [0.1, 0.15) is 60.8 Å². The third-order valence-corrected chi connectivity index (χ3v) is 20.2. The molecule has 1 aliphatic heterocycles. The molecule has 2 aliphatic carbocycles. The number of hydrogen-bond donors (Lipinski definition) is 0. The summed E-state index contributed by atoms with van der Waals surface area (Å²) < 4.78 is 20.6. The van der Waals surface area contributed by atoms with E-state index in [9.17, 15) is 4.79 Å². The third-order valence-electron chi connectivity index (χ3n) is 10.5. The molecule has 0 N–H and O–H groups in total. The summed E-state index contributed by atoms with van der Waals surface area (Å²) in [4.78, 5) is 13.4. The molecule has 6 heteroatoms. The van der Waals surface area contributed by atoms with Gasteiger partial charge in [0.1, 0.15) is 6.10 Å². The van der Waals surface area contributed by atoms with Gasteiger partial charge in [0.2, 0.25) is 0 Å². The highest BCUT2D eigenvalue weighted by Crippen LogP contribution is 2.62. The number of carbonyl (C=O) groups is 1. The topological polar surface area (TPSA) is 44.8 Å². The van der Waals surface area contributed by atoms with Crippen LogP contribution in [-0.4, -0.2) is 40.9 Å². The minimum atomic E-state index is -2.69. The molecule has 0 radical (unpaired) electrons. The van der Waals surface area contributed by atoms with Crippen LogP contribution >= 0.6 is 0 Å². The molecule has 4 atom stereocenters. The van der Waals surface area contributed by atoms with Crippen LogP contribution in [0.4, 0.5) is 0 Å². The lowest BCUT2D eigenvalue weighted by Gasteiger charge is -2.43. The second kappa shape index (κ2) is 11.4. The second-order valence-corrected chi connectivity index (χ2v) is 22.2. The monoisotopic (exact) mass is 588 g/mol. The van der Waals surface area contributed by atoms with Crippen LogP contribution in [-0.2, 0) is 18.4 Å². The Hall–Kier alpha value is -2.26. The summed E-state index contributed by atoms with van der Waals surface area (Å²) in [6.07, 6.45) is 4.50. The molecule has 1 heterocycles. The highest BCUT2D eigenvalue weighted by Gasteiger charge is 2.66. The normalized spacial score (nSPS) is 25.9. The van der Waals surface area contributed by atoms with Crippen LogP contribution in [0.15, 0.2) is 84.5 Å². The first-order valence-corrected chi connectivity index (χ1v) is 20.1. The lowest BCUT2D eigenvalue weighted by atomic mass is 9.88. The van der Waals surface area contributed by atoms with Gasteiger partial charge in [-0.25, -0.2) is 4.79 Å². The average Bonchev–Trinajstić information content (AvgIpc) is 3.59. The first-order chi connectivity index (χ1) is 19.6. The summed E-state index contributed by atoms with van der Waals surface area (Å²) in [7, 11) is -4.59. The lowest BCUT2D eigenvalue weighted by Crippen LogP contribution is -2.66. The van der Waals surface area contributed by atoms with Gasteiger partial charge in [0.05, 0.1) is 5.60 Å². The Balaban J connectivity index is 1.48. The molecule has 41 heavy (non-hydrogen) atoms. The van der Waals surface area contributed by atoms with Gasteiger partial charge < -0.3 is 13.6 Å². The van der Waals surface area contributed by atoms with Crippen molar-refractivity contribution in [3.05, 3.63) is 84.5 Å². The van der Waals surface area contributed by atoms with Crippen LogP contribution in [0, 0.1) is 11.8 Å². The summed E-state index contributed by atoms with van der Waals surface area (Å²) in [6, 6.07) is 24.7. The standard InChI is InChI=1S/C35H48O4Si2/c1-8-35(39-40(9-2,10-3)11-4)29-22-23-30(35)32-31(29)28(33(36)38-32)24-25-37-41(34(5,6)7,26-18-14-12-15-19-26)27-20-16-13-17-21-27/h8,12-21,29-30,32H,1,9-11,22-25H2,2-7H3/t29-,30+,32+,35-/m0/s1. The summed E-state index contributed by atoms with van der Waals surface area (Å²) in [5.74, 6) is 0.173. The SMILES string of the molecule is C=C[C@@]1(O[Si](CC)(CC)CC)[C@@H]2CC[C@H]1C1=C(CCO[Si](c3ccccc3)(c3ccccc3)C(C)(C)C)C(=O)O[C@@H]12. The number of esters is 1. The zero-order valence-electron chi connectivity index (χ0n) is 25.9. The Kier molecular flexibility index (Phi) is 8.43. The molecule has 5 rings (SSSR count). The number of carbonyl (C=O) groups excluding carboxylic acids is 1. The van der Waals surface area contributed by atoms with Crippen molar-refractivity contribution in [3.8, 4) is 0 Å². The molecule has 2 aromatic rings. The Morgan fingerprint density at radius 3 is 2.00 bits per heavy atom. The second-order valence-electron chi connectivity index (χ2n) is 13.2. The van der Waals surface area contributed by atoms with E-state index in [4.69, 9.17) is 13.6 Å². The summed E-state index contributed by atoms with van der Waals surface area (Å²) in [5, 5.41) is 2.39. The molecular weight excluding hydrogens is 541 g/mol. The van der Waals surface area contributed by atoms with E-state index in [0.717, 1.165) is 36.5 Å². The van der Waals surface area contributed by atoms with Crippen molar-refractivity contribution < 1.29 is 18.4 Å². The van der Waals surface area contributed by atoms with Crippen LogP contribution in [0.2, 0.25) is 23.2 Å². The van der Waals surface area contributed by atoms with Gasteiger partial charge in [-0.2, -0.15) is 0 Å². The van der Waals surface area contributed by atoms with E-state index in [1.807, 2.05) is 0 Å². The predicted octanol–water partition coefficient (Wildman–Crippen LogP) is 7.16. The van der Waals surface area contributed by atoms with Gasteiger partial charge in [0.25, 0.3) is 8.32 Å². The van der Waals surface area contributed by atoms with Crippen molar-refractivity contribution in [2.75, 3.05) is 6.61 Å². The Morgan fingerprint density at radius 2 is 1.51 bits per heavy atom. The maximum atomic E-state index is 13.4. The number of benzene rings is 2. The predicted molar refractivity (Wildman–Crippen MR) is 173 cm³/mol. The number of fused-ring (bicyclic) bond motifs is 5. The van der Waals surface area contributed by atoms with Gasteiger partial charge in [-0.05, 0) is 52.0 Å². The highest BCUT2D eigenvalue weighted by atomic mass is 28.4. The van der Waals surface area contributed by atoms with E-state index in [2.05, 4.69) is 115 Å². The molecule has 0 saturated heterocycles. The van der Waals surface area contributed by atoms with Crippen molar-refractivity contribution in [1.29, 1.82) is 0 Å². The summed E-state index contributed by atoms with van der Waals surface area (Å²) in [6.45, 7) is 18.5. The average molecular weight is 589 g/mol. The molecule has 4 nitrogen and oxygen atoms in total. The van der Waals surface area contributed by atoms with Crippen LogP contribution in [0.5, 0.6) is 0 Å². The first-order valence-electron chi connectivity index (χ1n) is 15.7. The Morgan fingerprint density at radius 1 is 0.951 bits per heavy atom. The van der Waals surface area contributed by atoms with Gasteiger partial charge in [-0.1, -0.05) is 108 Å². The van der Waals surface area contributed by atoms with Crippen LogP contribution in [0.3, 0.4) is 0 Å². The van der Waals surface area contributed by atoms with Gasteiger partial charge in [-0.3, -0.25) is 0 Å². The molecule has 0 aromatic heterocycles. The lowest BCUT2D eigenvalue weighted by molar-refractivity contribution is -0.142. The van der Waals surface area contributed by atoms with E-state index in [-0.39, 0.29) is 28.9 Å². The van der Waals surface area contributed by atoms with Crippen molar-refractivity contribution in [1.82, 2.24) is 0 Å². The van der Waals surface area contributed by atoms with Crippen molar-refractivity contribution in [3.63, 3.8) is 0 Å². The zero-order chi connectivity index (χ0) is 29.5. The van der Waals surface area contributed by atoms with Crippen LogP contribution < -0.4 is 10.4 Å². The minimum absolute atomic E-state index is 0.112. The first kappa shape index (κ1) is 30.2. The van der Waals surface area contributed by atoms with Crippen molar-refractivity contribution in [2.45, 2.75) is 95.7 Å². The van der Waals surface area contributed by atoms with E-state index in [0.29, 0.717) is 13.0 Å².